The van der Waals surface area contributed by atoms with Gasteiger partial charge in [0.15, 0.2) is 0 Å². The number of rotatable bonds is 1. The molecule has 1 amide bonds. The number of hydrogen-bond acceptors (Lipinski definition) is 3. The first-order valence-electron chi connectivity index (χ1n) is 3.88. The molecular formula is C7H9NO4. The second kappa shape index (κ2) is 2.36. The zero-order chi connectivity index (χ0) is 8.72. The topological polar surface area (TPSA) is 66.8 Å². The van der Waals surface area contributed by atoms with Gasteiger partial charge in [-0.25, -0.2) is 9.59 Å². The fourth-order valence-electron chi connectivity index (χ4n) is 1.70. The van der Waals surface area contributed by atoms with Crippen LogP contribution in [0, 0.1) is 0 Å². The van der Waals surface area contributed by atoms with Gasteiger partial charge in [0.25, 0.3) is 0 Å². The minimum atomic E-state index is -0.938. The molecule has 5 heteroatoms. The molecule has 0 saturated carbocycles. The van der Waals surface area contributed by atoms with E-state index in [2.05, 4.69) is 0 Å². The number of piperidine rings is 1. The number of amides is 1. The third kappa shape index (κ3) is 0.929. The Morgan fingerprint density at radius 2 is 2.33 bits per heavy atom. The van der Waals surface area contributed by atoms with Gasteiger partial charge in [0.1, 0.15) is 12.1 Å². The van der Waals surface area contributed by atoms with E-state index in [-0.39, 0.29) is 6.10 Å². The minimum Gasteiger partial charge on any atom is -0.480 e. The molecule has 2 aliphatic rings. The lowest BCUT2D eigenvalue weighted by atomic mass is 10.0. The van der Waals surface area contributed by atoms with Crippen LogP contribution < -0.4 is 0 Å². The lowest BCUT2D eigenvalue weighted by Gasteiger charge is -2.25. The van der Waals surface area contributed by atoms with Gasteiger partial charge in [-0.2, -0.15) is 0 Å². The molecule has 2 bridgehead atoms. The summed E-state index contributed by atoms with van der Waals surface area (Å²) in [7, 11) is 0. The van der Waals surface area contributed by atoms with Gasteiger partial charge >= 0.3 is 12.1 Å². The molecule has 0 aromatic heterocycles. The average molecular weight is 171 g/mol. The van der Waals surface area contributed by atoms with Crippen LogP contribution in [0.15, 0.2) is 0 Å². The first-order valence-corrected chi connectivity index (χ1v) is 3.88. The summed E-state index contributed by atoms with van der Waals surface area (Å²) in [4.78, 5) is 22.9. The number of fused-ring (bicyclic) bond motifs is 2. The Bertz CT molecular complexity index is 240. The normalized spacial score (nSPS) is 33.3. The van der Waals surface area contributed by atoms with Crippen LogP contribution in [0.4, 0.5) is 4.79 Å². The van der Waals surface area contributed by atoms with Crippen molar-refractivity contribution < 1.29 is 19.4 Å². The maximum absolute atomic E-state index is 11.0. The van der Waals surface area contributed by atoms with E-state index in [1.165, 1.54) is 4.90 Å². The van der Waals surface area contributed by atoms with E-state index in [0.717, 1.165) is 0 Å². The Morgan fingerprint density at radius 3 is 3.00 bits per heavy atom. The van der Waals surface area contributed by atoms with Gasteiger partial charge in [0, 0.05) is 0 Å². The number of carbonyl (C=O) groups excluding carboxylic acids is 1. The molecule has 0 radical (unpaired) electrons. The molecule has 1 N–H and O–H groups in total. The van der Waals surface area contributed by atoms with Crippen molar-refractivity contribution in [3.05, 3.63) is 0 Å². The van der Waals surface area contributed by atoms with Crippen molar-refractivity contribution in [3.8, 4) is 0 Å². The molecule has 0 aromatic carbocycles. The Labute approximate surface area is 68.9 Å². The number of carboxylic acids is 1. The monoisotopic (exact) mass is 171 g/mol. The van der Waals surface area contributed by atoms with E-state index < -0.39 is 18.1 Å². The predicted octanol–water partition coefficient (Wildman–Crippen LogP) is 0.0542. The summed E-state index contributed by atoms with van der Waals surface area (Å²) in [6.07, 6.45) is 0.614. The molecule has 5 nitrogen and oxygen atoms in total. The summed E-state index contributed by atoms with van der Waals surface area (Å²) in [6.45, 7) is 0.440. The number of ether oxygens (including phenoxy) is 1. The first-order chi connectivity index (χ1) is 5.68. The van der Waals surface area contributed by atoms with Crippen molar-refractivity contribution in [3.63, 3.8) is 0 Å². The molecule has 0 unspecified atom stereocenters. The summed E-state index contributed by atoms with van der Waals surface area (Å²) in [5.74, 6) is -0.938. The lowest BCUT2D eigenvalue weighted by Crippen LogP contribution is -2.44. The van der Waals surface area contributed by atoms with E-state index in [1.54, 1.807) is 0 Å². The van der Waals surface area contributed by atoms with E-state index in [1.807, 2.05) is 0 Å². The minimum absolute atomic E-state index is 0.0758. The van der Waals surface area contributed by atoms with Crippen LogP contribution >= 0.6 is 0 Å². The van der Waals surface area contributed by atoms with Crippen LogP contribution in [0.2, 0.25) is 0 Å². The van der Waals surface area contributed by atoms with Gasteiger partial charge < -0.3 is 9.84 Å². The van der Waals surface area contributed by atoms with Crippen LogP contribution in [0.3, 0.4) is 0 Å². The zero-order valence-corrected chi connectivity index (χ0v) is 6.40. The Balaban J connectivity index is 2.18. The predicted molar refractivity (Wildman–Crippen MR) is 37.6 cm³/mol. The van der Waals surface area contributed by atoms with E-state index >= 15 is 0 Å². The fourth-order valence-corrected chi connectivity index (χ4v) is 1.70. The van der Waals surface area contributed by atoms with Crippen LogP contribution in [0.5, 0.6) is 0 Å². The summed E-state index contributed by atoms with van der Waals surface area (Å²) >= 11 is 0. The molecule has 0 aromatic rings. The molecule has 2 aliphatic heterocycles. The number of aliphatic carboxylic acids is 1. The van der Waals surface area contributed by atoms with Crippen molar-refractivity contribution in [1.29, 1.82) is 0 Å². The molecule has 2 rings (SSSR count). The molecule has 0 spiro atoms. The van der Waals surface area contributed by atoms with Gasteiger partial charge in [0.2, 0.25) is 0 Å². The van der Waals surface area contributed by atoms with Gasteiger partial charge in [-0.1, -0.05) is 0 Å². The third-order valence-corrected chi connectivity index (χ3v) is 2.33. The SMILES string of the molecule is O=C(O)[C@@H]1CC[C@H]2CN1C(=O)O2. The number of hydrogen-bond donors (Lipinski definition) is 1. The van der Waals surface area contributed by atoms with Gasteiger partial charge in [-0.15, -0.1) is 0 Å². The van der Waals surface area contributed by atoms with Crippen molar-refractivity contribution >= 4 is 12.1 Å². The van der Waals surface area contributed by atoms with Gasteiger partial charge in [0.05, 0.1) is 6.54 Å². The summed E-state index contributed by atoms with van der Waals surface area (Å²) in [5.41, 5.74) is 0. The smallest absolute Gasteiger partial charge is 0.410 e. The highest BCUT2D eigenvalue weighted by atomic mass is 16.6. The molecule has 2 saturated heterocycles. The Kier molecular flexibility index (Phi) is 1.46. The zero-order valence-electron chi connectivity index (χ0n) is 6.40. The quantitative estimate of drug-likeness (QED) is 0.605. The summed E-state index contributed by atoms with van der Waals surface area (Å²) in [6, 6.07) is -0.670. The van der Waals surface area contributed by atoms with Crippen molar-refractivity contribution in [2.24, 2.45) is 0 Å². The Hall–Kier alpha value is -1.26. The number of carboxylic acid groups (broad SMARTS) is 1. The van der Waals surface area contributed by atoms with Gasteiger partial charge in [-0.05, 0) is 12.8 Å². The fraction of sp³-hybridized carbons (Fsp3) is 0.714. The second-order valence-corrected chi connectivity index (χ2v) is 3.09. The lowest BCUT2D eigenvalue weighted by molar-refractivity contribution is -0.142. The highest BCUT2D eigenvalue weighted by Gasteiger charge is 2.43. The molecule has 2 fully saturated rings. The van der Waals surface area contributed by atoms with E-state index in [4.69, 9.17) is 9.84 Å². The molecule has 0 aliphatic carbocycles. The van der Waals surface area contributed by atoms with Crippen LogP contribution in [0.1, 0.15) is 12.8 Å². The molecule has 2 atom stereocenters. The summed E-state index contributed by atoms with van der Waals surface area (Å²) in [5, 5.41) is 8.73. The molecule has 66 valence electrons. The second-order valence-electron chi connectivity index (χ2n) is 3.09. The number of carbonyl (C=O) groups is 2. The van der Waals surface area contributed by atoms with Crippen LogP contribution in [-0.4, -0.2) is 40.8 Å². The van der Waals surface area contributed by atoms with Crippen molar-refractivity contribution in [1.82, 2.24) is 4.90 Å². The largest absolute Gasteiger partial charge is 0.480 e. The van der Waals surface area contributed by atoms with E-state index in [0.29, 0.717) is 19.4 Å². The van der Waals surface area contributed by atoms with Crippen LogP contribution in [0.25, 0.3) is 0 Å². The van der Waals surface area contributed by atoms with Gasteiger partial charge in [-0.3, -0.25) is 4.90 Å². The Morgan fingerprint density at radius 1 is 1.58 bits per heavy atom. The maximum atomic E-state index is 11.0. The molecular weight excluding hydrogens is 162 g/mol. The summed E-state index contributed by atoms with van der Waals surface area (Å²) < 4.78 is 4.89. The highest BCUT2D eigenvalue weighted by molar-refractivity contribution is 5.81. The van der Waals surface area contributed by atoms with Crippen LogP contribution in [-0.2, 0) is 9.53 Å². The molecule has 12 heavy (non-hydrogen) atoms. The average Bonchev–Trinajstić information content (AvgIpc) is 2.28. The first kappa shape index (κ1) is 7.39. The van der Waals surface area contributed by atoms with E-state index in [9.17, 15) is 9.59 Å². The molecule has 2 heterocycles. The van der Waals surface area contributed by atoms with Crippen molar-refractivity contribution in [2.45, 2.75) is 25.0 Å². The third-order valence-electron chi connectivity index (χ3n) is 2.33. The van der Waals surface area contributed by atoms with Crippen molar-refractivity contribution in [2.75, 3.05) is 6.54 Å². The highest BCUT2D eigenvalue weighted by Crippen LogP contribution is 2.26. The maximum Gasteiger partial charge on any atom is 0.410 e. The standard InChI is InChI=1S/C7H9NO4/c9-6(10)5-2-1-4-3-8(5)7(11)12-4/h4-5H,1-3H2,(H,9,10)/t4-,5-/m0/s1. The number of nitrogens with zero attached hydrogens (tertiary/aromatic N) is 1.